The first-order chi connectivity index (χ1) is 19.5. The molecule has 0 aliphatic heterocycles. The Balaban J connectivity index is 1.60. The average Bonchev–Trinajstić information content (AvgIpc) is 2.97. The number of rotatable bonds is 15. The van der Waals surface area contributed by atoms with E-state index >= 15 is 0 Å². The lowest BCUT2D eigenvalue weighted by molar-refractivity contribution is -0.0969. The van der Waals surface area contributed by atoms with Crippen LogP contribution in [0.1, 0.15) is 172 Å². The molecule has 3 aliphatic rings. The highest BCUT2D eigenvalue weighted by Crippen LogP contribution is 2.41. The van der Waals surface area contributed by atoms with Gasteiger partial charge in [-0.1, -0.05) is 104 Å². The molecule has 3 saturated carbocycles. The number of hydrogen-bond acceptors (Lipinski definition) is 4. The molecule has 0 radical (unpaired) electrons. The lowest BCUT2D eigenvalue weighted by Crippen LogP contribution is -2.36. The summed E-state index contributed by atoms with van der Waals surface area (Å²) in [7, 11) is 0. The fraction of sp³-hybridized carbons (Fsp3) is 0.833. The van der Waals surface area contributed by atoms with Crippen molar-refractivity contribution in [2.75, 3.05) is 0 Å². The molecule has 0 aromatic heterocycles. The molecule has 4 rings (SSSR count). The minimum Gasteiger partial charge on any atom is -0.508 e. The van der Waals surface area contributed by atoms with Gasteiger partial charge in [-0.3, -0.25) is 0 Å². The highest BCUT2D eigenvalue weighted by Gasteiger charge is 2.36. The summed E-state index contributed by atoms with van der Waals surface area (Å²) in [6.07, 6.45) is 25.2. The molecule has 0 spiro atoms. The van der Waals surface area contributed by atoms with Gasteiger partial charge >= 0.3 is 0 Å². The van der Waals surface area contributed by atoms with Gasteiger partial charge in [-0.05, 0) is 75.0 Å². The summed E-state index contributed by atoms with van der Waals surface area (Å²) in [6.45, 7) is 8.41. The molecule has 0 amide bonds. The summed E-state index contributed by atoms with van der Waals surface area (Å²) in [4.78, 5) is 0. The Kier molecular flexibility index (Phi) is 12.2. The highest BCUT2D eigenvalue weighted by atomic mass is 16.5. The monoisotopic (exact) mass is 556 g/mol. The van der Waals surface area contributed by atoms with Crippen LogP contribution in [0.2, 0.25) is 0 Å². The second-order valence-electron chi connectivity index (χ2n) is 13.5. The molecule has 40 heavy (non-hydrogen) atoms. The van der Waals surface area contributed by atoms with E-state index in [1.807, 2.05) is 6.07 Å². The smallest absolute Gasteiger partial charge is 0.121 e. The van der Waals surface area contributed by atoms with Crippen molar-refractivity contribution >= 4 is 0 Å². The van der Waals surface area contributed by atoms with Gasteiger partial charge in [0, 0.05) is 5.56 Å². The van der Waals surface area contributed by atoms with Crippen LogP contribution in [0.4, 0.5) is 0 Å². The van der Waals surface area contributed by atoms with Crippen molar-refractivity contribution in [2.24, 2.45) is 0 Å². The van der Waals surface area contributed by atoms with Crippen LogP contribution in [0, 0.1) is 0 Å². The molecule has 1 aromatic carbocycles. The van der Waals surface area contributed by atoms with Gasteiger partial charge in [-0.15, -0.1) is 0 Å². The number of ether oxygens (including phenoxy) is 3. The topological polar surface area (TPSA) is 47.9 Å². The molecule has 3 fully saturated rings. The van der Waals surface area contributed by atoms with Crippen molar-refractivity contribution in [3.63, 3.8) is 0 Å². The molecule has 0 bridgehead atoms. The molecular formula is C36H60O4. The van der Waals surface area contributed by atoms with Crippen LogP contribution < -0.4 is 0 Å². The Morgan fingerprint density at radius 2 is 0.900 bits per heavy atom. The Morgan fingerprint density at radius 3 is 1.30 bits per heavy atom. The Bertz CT molecular complexity index is 859. The van der Waals surface area contributed by atoms with E-state index in [9.17, 15) is 5.11 Å². The number of benzene rings is 1. The molecule has 4 heteroatoms. The largest absolute Gasteiger partial charge is 0.508 e. The Hall–Kier alpha value is -1.10. The summed E-state index contributed by atoms with van der Waals surface area (Å²) in [5.74, 6) is 0.346. The van der Waals surface area contributed by atoms with Gasteiger partial charge in [0.25, 0.3) is 0 Å². The van der Waals surface area contributed by atoms with Gasteiger partial charge in [0.1, 0.15) is 5.75 Å². The zero-order valence-electron chi connectivity index (χ0n) is 26.3. The van der Waals surface area contributed by atoms with Gasteiger partial charge in [0.05, 0.1) is 36.6 Å². The predicted octanol–water partition coefficient (Wildman–Crippen LogP) is 10.5. The molecule has 4 nitrogen and oxygen atoms in total. The van der Waals surface area contributed by atoms with E-state index < -0.39 is 0 Å². The highest BCUT2D eigenvalue weighted by molar-refractivity contribution is 5.44. The third-order valence-electron chi connectivity index (χ3n) is 10.5. The summed E-state index contributed by atoms with van der Waals surface area (Å²) in [6, 6.07) is 3.97. The maximum atomic E-state index is 11.2. The van der Waals surface area contributed by atoms with E-state index in [-0.39, 0.29) is 16.8 Å². The lowest BCUT2D eigenvalue weighted by Gasteiger charge is -2.39. The molecule has 0 atom stereocenters. The van der Waals surface area contributed by atoms with E-state index in [2.05, 4.69) is 26.8 Å². The minimum absolute atomic E-state index is 0.000237. The van der Waals surface area contributed by atoms with Gasteiger partial charge in [0.2, 0.25) is 0 Å². The maximum absolute atomic E-state index is 11.2. The SMILES string of the molecule is CCCC1(OCc2ccc(O)c(COC3(CCC)CCCCC3)c2COC2(CCC)CCCCC2)CCCCC1. The van der Waals surface area contributed by atoms with Crippen molar-refractivity contribution in [2.45, 2.75) is 192 Å². The van der Waals surface area contributed by atoms with Crippen molar-refractivity contribution in [3.05, 3.63) is 28.8 Å². The quantitative estimate of drug-likeness (QED) is 0.233. The lowest BCUT2D eigenvalue weighted by atomic mass is 9.81. The van der Waals surface area contributed by atoms with Crippen LogP contribution in [-0.2, 0) is 34.0 Å². The van der Waals surface area contributed by atoms with E-state index in [1.165, 1.54) is 76.2 Å². The van der Waals surface area contributed by atoms with Crippen molar-refractivity contribution < 1.29 is 19.3 Å². The fourth-order valence-corrected chi connectivity index (χ4v) is 8.24. The van der Waals surface area contributed by atoms with Crippen LogP contribution >= 0.6 is 0 Å². The zero-order valence-corrected chi connectivity index (χ0v) is 26.3. The first-order valence-electron chi connectivity index (χ1n) is 17.2. The van der Waals surface area contributed by atoms with Crippen LogP contribution in [0.5, 0.6) is 5.75 Å². The second kappa shape index (κ2) is 15.4. The molecular weight excluding hydrogens is 496 g/mol. The average molecular weight is 557 g/mol. The Morgan fingerprint density at radius 1 is 0.525 bits per heavy atom. The summed E-state index contributed by atoms with van der Waals surface area (Å²) >= 11 is 0. The first kappa shape index (κ1) is 31.8. The summed E-state index contributed by atoms with van der Waals surface area (Å²) in [5, 5.41) is 11.2. The third-order valence-corrected chi connectivity index (χ3v) is 10.5. The summed E-state index contributed by atoms with van der Waals surface area (Å²) in [5.41, 5.74) is 3.13. The number of aromatic hydroxyl groups is 1. The predicted molar refractivity (Wildman–Crippen MR) is 165 cm³/mol. The van der Waals surface area contributed by atoms with E-state index in [1.54, 1.807) is 0 Å². The van der Waals surface area contributed by atoms with Crippen molar-refractivity contribution in [1.82, 2.24) is 0 Å². The van der Waals surface area contributed by atoms with Gasteiger partial charge in [-0.25, -0.2) is 0 Å². The van der Waals surface area contributed by atoms with Crippen LogP contribution in [0.25, 0.3) is 0 Å². The number of phenols is 1. The van der Waals surface area contributed by atoms with E-state index in [0.717, 1.165) is 75.3 Å². The van der Waals surface area contributed by atoms with E-state index in [0.29, 0.717) is 25.6 Å². The van der Waals surface area contributed by atoms with Gasteiger partial charge in [-0.2, -0.15) is 0 Å². The molecule has 0 unspecified atom stereocenters. The fourth-order valence-electron chi connectivity index (χ4n) is 8.24. The third kappa shape index (κ3) is 8.26. The van der Waals surface area contributed by atoms with Crippen molar-refractivity contribution in [3.8, 4) is 5.75 Å². The zero-order chi connectivity index (χ0) is 28.3. The standard InChI is InChI=1S/C36H60O4/c1-4-18-34(21-10-7-11-22-34)38-27-30-16-17-33(37)32(29-40-36(20-6-3)25-14-9-15-26-36)31(30)28-39-35(19-5-2)23-12-8-13-24-35/h16-17,37H,4-15,18-29H2,1-3H3. The minimum atomic E-state index is -0.0514. The van der Waals surface area contributed by atoms with Crippen LogP contribution in [0.15, 0.2) is 12.1 Å². The second-order valence-corrected chi connectivity index (χ2v) is 13.5. The number of phenolic OH excluding ortho intramolecular Hbond substituents is 1. The first-order valence-corrected chi connectivity index (χ1v) is 17.2. The molecule has 1 aromatic rings. The van der Waals surface area contributed by atoms with E-state index in [4.69, 9.17) is 14.2 Å². The molecule has 0 heterocycles. The maximum Gasteiger partial charge on any atom is 0.121 e. The summed E-state index contributed by atoms with van der Waals surface area (Å²) < 4.78 is 20.6. The molecule has 228 valence electrons. The Labute approximate surface area is 245 Å². The normalized spacial score (nSPS) is 22.3. The molecule has 3 aliphatic carbocycles. The van der Waals surface area contributed by atoms with Crippen molar-refractivity contribution in [1.29, 1.82) is 0 Å². The van der Waals surface area contributed by atoms with Gasteiger partial charge in [0.15, 0.2) is 0 Å². The molecule has 1 N–H and O–H groups in total. The van der Waals surface area contributed by atoms with Crippen LogP contribution in [0.3, 0.4) is 0 Å². The van der Waals surface area contributed by atoms with Gasteiger partial charge < -0.3 is 19.3 Å². The number of hydrogen-bond donors (Lipinski definition) is 1. The van der Waals surface area contributed by atoms with Crippen LogP contribution in [-0.4, -0.2) is 21.9 Å². The molecule has 0 saturated heterocycles.